The number of rotatable bonds is 13. The minimum absolute atomic E-state index is 0.331. The molecule has 1 aromatic rings. The van der Waals surface area contributed by atoms with Crippen LogP contribution in [0.4, 0.5) is 0 Å². The van der Waals surface area contributed by atoms with Crippen LogP contribution in [0.15, 0.2) is 11.3 Å². The number of thioether (sulfide) groups is 1. The van der Waals surface area contributed by atoms with E-state index in [1.807, 2.05) is 13.1 Å². The molecule has 4 N–H and O–H groups in total. The Morgan fingerprint density at radius 3 is 2.68 bits per heavy atom. The molecule has 0 aliphatic carbocycles. The van der Waals surface area contributed by atoms with Crippen LogP contribution in [-0.4, -0.2) is 66.7 Å². The zero-order valence-corrected chi connectivity index (χ0v) is 17.4. The van der Waals surface area contributed by atoms with E-state index in [1.165, 1.54) is 0 Å². The Morgan fingerprint density at radius 1 is 1.36 bits per heavy atom. The lowest BCUT2D eigenvalue weighted by molar-refractivity contribution is -0.170. The van der Waals surface area contributed by atoms with Gasteiger partial charge in [-0.1, -0.05) is 0 Å². The maximum Gasteiger partial charge on any atom is 0.277 e. The Bertz CT molecular complexity index is 639. The summed E-state index contributed by atoms with van der Waals surface area (Å²) >= 11 is 1.72. The van der Waals surface area contributed by atoms with E-state index in [0.717, 1.165) is 22.9 Å². The van der Waals surface area contributed by atoms with Gasteiger partial charge in [-0.3, -0.25) is 15.1 Å². The molecular weight excluding hydrogens is 382 g/mol. The number of hydrogen-bond donors (Lipinski definition) is 4. The molecule has 1 aromatic heterocycles. The SMILES string of the molecule is CCOC(OCC)C(=O)NCCNC(=NCCSCc1nc[nH]c1C)NC#N. The summed E-state index contributed by atoms with van der Waals surface area (Å²) < 4.78 is 10.5. The van der Waals surface area contributed by atoms with Crippen LogP contribution in [0, 0.1) is 18.4 Å². The number of H-pyrrole nitrogens is 1. The Hall–Kier alpha value is -2.29. The third-order valence-corrected chi connectivity index (χ3v) is 4.37. The van der Waals surface area contributed by atoms with Gasteiger partial charge in [0.2, 0.25) is 12.2 Å². The molecule has 0 fully saturated rings. The van der Waals surface area contributed by atoms with Crippen LogP contribution in [-0.2, 0) is 20.0 Å². The number of aliphatic imine (C=N–C) groups is 1. The first-order valence-corrected chi connectivity index (χ1v) is 10.3. The molecule has 156 valence electrons. The predicted octanol–water partition coefficient (Wildman–Crippen LogP) is 0.483. The van der Waals surface area contributed by atoms with Crippen LogP contribution in [0.25, 0.3) is 0 Å². The van der Waals surface area contributed by atoms with Crippen molar-refractivity contribution < 1.29 is 14.3 Å². The molecule has 0 aliphatic heterocycles. The molecule has 0 spiro atoms. The summed E-state index contributed by atoms with van der Waals surface area (Å²) in [5.41, 5.74) is 2.11. The van der Waals surface area contributed by atoms with E-state index in [-0.39, 0.29) is 5.91 Å². The van der Waals surface area contributed by atoms with Gasteiger partial charge in [0.1, 0.15) is 0 Å². The average Bonchev–Trinajstić information content (AvgIpc) is 3.09. The number of carbonyl (C=O) groups is 1. The molecule has 1 heterocycles. The normalized spacial score (nSPS) is 11.3. The summed E-state index contributed by atoms with van der Waals surface area (Å²) in [5, 5.41) is 17.0. The van der Waals surface area contributed by atoms with Crippen molar-refractivity contribution in [3.8, 4) is 6.19 Å². The van der Waals surface area contributed by atoms with Gasteiger partial charge in [-0.2, -0.15) is 17.0 Å². The van der Waals surface area contributed by atoms with Gasteiger partial charge in [-0.15, -0.1) is 0 Å². The van der Waals surface area contributed by atoms with Crippen LogP contribution in [0.2, 0.25) is 0 Å². The number of nitrogens with zero attached hydrogens (tertiary/aromatic N) is 3. The quantitative estimate of drug-likeness (QED) is 0.0919. The van der Waals surface area contributed by atoms with Crippen LogP contribution >= 0.6 is 11.8 Å². The summed E-state index contributed by atoms with van der Waals surface area (Å²) in [7, 11) is 0. The summed E-state index contributed by atoms with van der Waals surface area (Å²) in [4.78, 5) is 23.6. The van der Waals surface area contributed by atoms with Gasteiger partial charge in [-0.05, 0) is 20.8 Å². The number of ether oxygens (including phenoxy) is 2. The zero-order chi connectivity index (χ0) is 20.6. The Labute approximate surface area is 169 Å². The topological polar surface area (TPSA) is 136 Å². The Kier molecular flexibility index (Phi) is 12.5. The Balaban J connectivity index is 2.27. The highest BCUT2D eigenvalue weighted by Crippen LogP contribution is 2.11. The van der Waals surface area contributed by atoms with Crippen molar-refractivity contribution >= 4 is 23.6 Å². The minimum Gasteiger partial charge on any atom is -0.354 e. The highest BCUT2D eigenvalue weighted by molar-refractivity contribution is 7.98. The average molecular weight is 412 g/mol. The summed E-state index contributed by atoms with van der Waals surface area (Å²) in [6, 6.07) is 0. The van der Waals surface area contributed by atoms with E-state index in [4.69, 9.17) is 14.7 Å². The summed E-state index contributed by atoms with van der Waals surface area (Å²) in [6.45, 7) is 7.65. The lowest BCUT2D eigenvalue weighted by Gasteiger charge is -2.16. The van der Waals surface area contributed by atoms with E-state index < -0.39 is 6.29 Å². The number of amides is 1. The number of aromatic nitrogens is 2. The van der Waals surface area contributed by atoms with Crippen LogP contribution < -0.4 is 16.0 Å². The second-order valence-corrected chi connectivity index (χ2v) is 6.56. The molecule has 0 bridgehead atoms. The van der Waals surface area contributed by atoms with Gasteiger partial charge in [0.05, 0.1) is 18.6 Å². The zero-order valence-electron chi connectivity index (χ0n) is 16.6. The fraction of sp³-hybridized carbons (Fsp3) is 0.647. The van der Waals surface area contributed by atoms with Crippen LogP contribution in [0.1, 0.15) is 25.2 Å². The van der Waals surface area contributed by atoms with Gasteiger partial charge in [0.15, 0.2) is 6.19 Å². The molecule has 0 unspecified atom stereocenters. The molecule has 0 saturated heterocycles. The number of aromatic amines is 1. The number of nitriles is 1. The van der Waals surface area contributed by atoms with Gasteiger partial charge in [-0.25, -0.2) is 4.98 Å². The molecular formula is C17H29N7O3S. The number of imidazole rings is 1. The molecule has 0 saturated carbocycles. The maximum atomic E-state index is 12.0. The molecule has 28 heavy (non-hydrogen) atoms. The number of guanidine groups is 1. The minimum atomic E-state index is -0.907. The molecule has 0 atom stereocenters. The smallest absolute Gasteiger partial charge is 0.277 e. The van der Waals surface area contributed by atoms with E-state index in [9.17, 15) is 4.79 Å². The van der Waals surface area contributed by atoms with Crippen LogP contribution in [0.3, 0.4) is 0 Å². The van der Waals surface area contributed by atoms with Crippen molar-refractivity contribution in [3.05, 3.63) is 17.7 Å². The van der Waals surface area contributed by atoms with Crippen molar-refractivity contribution in [2.75, 3.05) is 38.6 Å². The Morgan fingerprint density at radius 2 is 2.07 bits per heavy atom. The van der Waals surface area contributed by atoms with Crippen LogP contribution in [0.5, 0.6) is 0 Å². The molecule has 11 heteroatoms. The van der Waals surface area contributed by atoms with Gasteiger partial charge in [0, 0.05) is 43.5 Å². The predicted molar refractivity (Wildman–Crippen MR) is 109 cm³/mol. The second-order valence-electron chi connectivity index (χ2n) is 5.45. The molecule has 0 aliphatic rings. The van der Waals surface area contributed by atoms with Gasteiger partial charge < -0.3 is 25.1 Å². The van der Waals surface area contributed by atoms with E-state index in [1.54, 1.807) is 31.9 Å². The third kappa shape index (κ3) is 9.59. The first kappa shape index (κ1) is 23.7. The lowest BCUT2D eigenvalue weighted by atomic mass is 10.4. The number of nitrogens with one attached hydrogen (secondary N) is 4. The fourth-order valence-corrected chi connectivity index (χ4v) is 2.92. The van der Waals surface area contributed by atoms with Crippen molar-refractivity contribution in [1.82, 2.24) is 25.9 Å². The van der Waals surface area contributed by atoms with Crippen molar-refractivity contribution in [3.63, 3.8) is 0 Å². The fourth-order valence-electron chi connectivity index (χ4n) is 2.07. The molecule has 10 nitrogen and oxygen atoms in total. The summed E-state index contributed by atoms with van der Waals surface area (Å²) in [5.74, 6) is 1.65. The first-order chi connectivity index (χ1) is 13.6. The summed E-state index contributed by atoms with van der Waals surface area (Å²) in [6.07, 6.45) is 2.63. The monoisotopic (exact) mass is 411 g/mol. The standard InChI is InChI=1S/C17H29N7O3S/c1-4-26-16(27-5-2)15(25)19-6-7-20-17(22-11-18)21-8-9-28-10-14-13(3)23-12-24-14/h12,16H,4-10H2,1-3H3,(H,19,25)(H,23,24)(H2,20,21,22). The highest BCUT2D eigenvalue weighted by atomic mass is 32.2. The van der Waals surface area contributed by atoms with Crippen molar-refractivity contribution in [2.24, 2.45) is 4.99 Å². The largest absolute Gasteiger partial charge is 0.354 e. The van der Waals surface area contributed by atoms with E-state index >= 15 is 0 Å². The highest BCUT2D eigenvalue weighted by Gasteiger charge is 2.17. The molecule has 1 amide bonds. The van der Waals surface area contributed by atoms with Gasteiger partial charge in [0.25, 0.3) is 5.91 Å². The molecule has 0 radical (unpaired) electrons. The second kappa shape index (κ2) is 14.7. The van der Waals surface area contributed by atoms with E-state index in [2.05, 4.69) is 30.9 Å². The molecule has 1 rings (SSSR count). The third-order valence-electron chi connectivity index (χ3n) is 3.42. The lowest BCUT2D eigenvalue weighted by Crippen LogP contribution is -2.43. The van der Waals surface area contributed by atoms with E-state index in [0.29, 0.717) is 38.8 Å². The maximum absolute atomic E-state index is 12.0. The van der Waals surface area contributed by atoms with Gasteiger partial charge >= 0.3 is 0 Å². The van der Waals surface area contributed by atoms with Crippen molar-refractivity contribution in [2.45, 2.75) is 32.8 Å². The molecule has 0 aromatic carbocycles. The number of carbonyl (C=O) groups excluding carboxylic acids is 1. The van der Waals surface area contributed by atoms with Crippen molar-refractivity contribution in [1.29, 1.82) is 5.26 Å². The number of hydrogen-bond acceptors (Lipinski definition) is 7. The first-order valence-electron chi connectivity index (χ1n) is 9.13. The number of aryl methyl sites for hydroxylation is 1.